The second kappa shape index (κ2) is 7.29. The van der Waals surface area contributed by atoms with Crippen LogP contribution < -0.4 is 15.0 Å². The molecule has 0 aliphatic carbocycles. The van der Waals surface area contributed by atoms with E-state index in [2.05, 4.69) is 5.32 Å². The fourth-order valence-electron chi connectivity index (χ4n) is 2.51. The van der Waals surface area contributed by atoms with Gasteiger partial charge >= 0.3 is 0 Å². The van der Waals surface area contributed by atoms with E-state index in [4.69, 9.17) is 4.74 Å². The molecular formula is C17H24N2O3. The molecule has 5 heteroatoms. The number of rotatable bonds is 6. The van der Waals surface area contributed by atoms with Crippen LogP contribution in [-0.2, 0) is 9.59 Å². The van der Waals surface area contributed by atoms with Crippen LogP contribution in [0.5, 0.6) is 5.75 Å². The Morgan fingerprint density at radius 3 is 2.64 bits per heavy atom. The lowest BCUT2D eigenvalue weighted by molar-refractivity contribution is -0.124. The van der Waals surface area contributed by atoms with Crippen molar-refractivity contribution in [1.82, 2.24) is 5.32 Å². The van der Waals surface area contributed by atoms with Gasteiger partial charge in [-0.05, 0) is 31.2 Å². The van der Waals surface area contributed by atoms with Gasteiger partial charge in [0, 0.05) is 37.0 Å². The molecule has 1 aromatic carbocycles. The van der Waals surface area contributed by atoms with Crippen LogP contribution >= 0.6 is 0 Å². The summed E-state index contributed by atoms with van der Waals surface area (Å²) in [5.41, 5.74) is 0.881. The van der Waals surface area contributed by atoms with Crippen LogP contribution in [0.2, 0.25) is 0 Å². The molecule has 1 aliphatic heterocycles. The molecule has 5 nitrogen and oxygen atoms in total. The van der Waals surface area contributed by atoms with Gasteiger partial charge in [0.25, 0.3) is 0 Å². The summed E-state index contributed by atoms with van der Waals surface area (Å²) in [5, 5.41) is 2.90. The minimum absolute atomic E-state index is 0.0284. The van der Waals surface area contributed by atoms with Crippen molar-refractivity contribution < 1.29 is 14.3 Å². The molecule has 1 aromatic rings. The number of nitrogens with one attached hydrogen (secondary N) is 1. The first kappa shape index (κ1) is 16.3. The molecule has 1 aliphatic rings. The maximum atomic E-state index is 12.2. The summed E-state index contributed by atoms with van der Waals surface area (Å²) in [7, 11) is 0. The van der Waals surface area contributed by atoms with Crippen LogP contribution in [0.4, 0.5) is 5.69 Å². The Kier molecular flexibility index (Phi) is 5.41. The number of benzene rings is 1. The zero-order valence-corrected chi connectivity index (χ0v) is 13.5. The second-order valence-electron chi connectivity index (χ2n) is 5.90. The third-order valence-electron chi connectivity index (χ3n) is 3.75. The molecule has 2 rings (SSSR count). The number of anilines is 1. The summed E-state index contributed by atoms with van der Waals surface area (Å²) < 4.78 is 5.41. The number of carbonyl (C=O) groups is 2. The normalized spacial score (nSPS) is 17.9. The van der Waals surface area contributed by atoms with Gasteiger partial charge in [-0.2, -0.15) is 0 Å². The van der Waals surface area contributed by atoms with E-state index >= 15 is 0 Å². The van der Waals surface area contributed by atoms with Gasteiger partial charge in [0.1, 0.15) is 5.75 Å². The van der Waals surface area contributed by atoms with E-state index in [-0.39, 0.29) is 23.7 Å². The van der Waals surface area contributed by atoms with Crippen LogP contribution in [0.1, 0.15) is 27.2 Å². The summed E-state index contributed by atoms with van der Waals surface area (Å²) in [6.07, 6.45) is 0.478. The number of hydrogen-bond acceptors (Lipinski definition) is 3. The van der Waals surface area contributed by atoms with Crippen LogP contribution in [0.3, 0.4) is 0 Å². The third-order valence-corrected chi connectivity index (χ3v) is 3.75. The third kappa shape index (κ3) is 4.00. The Bertz CT molecular complexity index is 525. The minimum atomic E-state index is -0.0284. The van der Waals surface area contributed by atoms with Gasteiger partial charge < -0.3 is 15.0 Å². The SMILES string of the molecule is CCOc1ccc(N2C[C@H](CNC(=O)C(C)C)CC2=O)cc1. The van der Waals surface area contributed by atoms with Gasteiger partial charge in [0.15, 0.2) is 0 Å². The molecule has 0 bridgehead atoms. The number of hydrogen-bond donors (Lipinski definition) is 1. The average molecular weight is 304 g/mol. The Morgan fingerprint density at radius 2 is 2.05 bits per heavy atom. The van der Waals surface area contributed by atoms with Crippen LogP contribution in [0.25, 0.3) is 0 Å². The van der Waals surface area contributed by atoms with Gasteiger partial charge in [-0.25, -0.2) is 0 Å². The quantitative estimate of drug-likeness (QED) is 0.876. The highest BCUT2D eigenvalue weighted by Crippen LogP contribution is 2.26. The molecule has 1 saturated heterocycles. The number of amides is 2. The standard InChI is InChI=1S/C17H24N2O3/c1-4-22-15-7-5-14(6-8-15)19-11-13(9-16(19)20)10-18-17(21)12(2)3/h5-8,12-13H,4,9-11H2,1-3H3,(H,18,21)/t13-/m0/s1. The summed E-state index contributed by atoms with van der Waals surface area (Å²) >= 11 is 0. The maximum absolute atomic E-state index is 12.2. The first-order valence-electron chi connectivity index (χ1n) is 7.82. The molecule has 2 amide bonds. The van der Waals surface area contributed by atoms with Gasteiger partial charge in [0.05, 0.1) is 6.61 Å². The molecule has 0 unspecified atom stereocenters. The van der Waals surface area contributed by atoms with Gasteiger partial charge in [-0.1, -0.05) is 13.8 Å². The molecule has 0 radical (unpaired) electrons. The summed E-state index contributed by atoms with van der Waals surface area (Å²) in [6.45, 7) is 7.48. The predicted molar refractivity (Wildman–Crippen MR) is 85.9 cm³/mol. The van der Waals surface area contributed by atoms with E-state index < -0.39 is 0 Å². The Balaban J connectivity index is 1.93. The van der Waals surface area contributed by atoms with Crippen molar-refractivity contribution in [3.05, 3.63) is 24.3 Å². The number of carbonyl (C=O) groups excluding carboxylic acids is 2. The smallest absolute Gasteiger partial charge is 0.227 e. The van der Waals surface area contributed by atoms with Gasteiger partial charge in [-0.15, -0.1) is 0 Å². The number of nitrogens with zero attached hydrogens (tertiary/aromatic N) is 1. The van der Waals surface area contributed by atoms with Crippen molar-refractivity contribution >= 4 is 17.5 Å². The van der Waals surface area contributed by atoms with E-state index in [0.29, 0.717) is 26.1 Å². The van der Waals surface area contributed by atoms with Crippen molar-refractivity contribution in [2.45, 2.75) is 27.2 Å². The largest absolute Gasteiger partial charge is 0.494 e. The Labute approximate surface area is 131 Å². The van der Waals surface area contributed by atoms with Crippen molar-refractivity contribution in [1.29, 1.82) is 0 Å². The first-order chi connectivity index (χ1) is 10.5. The van der Waals surface area contributed by atoms with E-state index in [9.17, 15) is 9.59 Å². The summed E-state index contributed by atoms with van der Waals surface area (Å²) in [5.74, 6) is 1.08. The van der Waals surface area contributed by atoms with E-state index in [1.165, 1.54) is 0 Å². The lowest BCUT2D eigenvalue weighted by atomic mass is 10.1. The van der Waals surface area contributed by atoms with Gasteiger partial charge in [-0.3, -0.25) is 9.59 Å². The lowest BCUT2D eigenvalue weighted by Gasteiger charge is -2.17. The first-order valence-corrected chi connectivity index (χ1v) is 7.82. The highest BCUT2D eigenvalue weighted by molar-refractivity contribution is 5.95. The van der Waals surface area contributed by atoms with Crippen LogP contribution in [0, 0.1) is 11.8 Å². The van der Waals surface area contributed by atoms with Crippen LogP contribution in [0.15, 0.2) is 24.3 Å². The molecule has 120 valence electrons. The molecule has 22 heavy (non-hydrogen) atoms. The molecule has 0 spiro atoms. The van der Waals surface area contributed by atoms with E-state index in [1.807, 2.05) is 45.0 Å². The second-order valence-corrected chi connectivity index (χ2v) is 5.90. The fraction of sp³-hybridized carbons (Fsp3) is 0.529. The molecular weight excluding hydrogens is 280 g/mol. The fourth-order valence-corrected chi connectivity index (χ4v) is 2.51. The van der Waals surface area contributed by atoms with E-state index in [0.717, 1.165) is 11.4 Å². The average Bonchev–Trinajstić information content (AvgIpc) is 2.87. The molecule has 1 fully saturated rings. The maximum Gasteiger partial charge on any atom is 0.227 e. The van der Waals surface area contributed by atoms with Crippen molar-refractivity contribution in [2.24, 2.45) is 11.8 Å². The highest BCUT2D eigenvalue weighted by atomic mass is 16.5. The monoisotopic (exact) mass is 304 g/mol. The minimum Gasteiger partial charge on any atom is -0.494 e. The molecule has 1 heterocycles. The zero-order chi connectivity index (χ0) is 16.1. The zero-order valence-electron chi connectivity index (χ0n) is 13.5. The number of ether oxygens (including phenoxy) is 1. The highest BCUT2D eigenvalue weighted by Gasteiger charge is 2.30. The Hall–Kier alpha value is -2.04. The molecule has 0 aromatic heterocycles. The molecule has 1 atom stereocenters. The van der Waals surface area contributed by atoms with Crippen molar-refractivity contribution in [3.8, 4) is 5.75 Å². The van der Waals surface area contributed by atoms with Crippen molar-refractivity contribution in [3.63, 3.8) is 0 Å². The predicted octanol–water partition coefficient (Wildman–Crippen LogP) is 2.21. The Morgan fingerprint density at radius 1 is 1.36 bits per heavy atom. The van der Waals surface area contributed by atoms with Crippen molar-refractivity contribution in [2.75, 3.05) is 24.6 Å². The molecule has 1 N–H and O–H groups in total. The van der Waals surface area contributed by atoms with E-state index in [1.54, 1.807) is 4.90 Å². The summed E-state index contributed by atoms with van der Waals surface area (Å²) in [6, 6.07) is 7.55. The van der Waals surface area contributed by atoms with Crippen LogP contribution in [-0.4, -0.2) is 31.5 Å². The molecule has 0 saturated carbocycles. The summed E-state index contributed by atoms with van der Waals surface area (Å²) in [4.78, 5) is 25.5. The topological polar surface area (TPSA) is 58.6 Å². The van der Waals surface area contributed by atoms with Gasteiger partial charge in [0.2, 0.25) is 11.8 Å². The lowest BCUT2D eigenvalue weighted by Crippen LogP contribution is -2.33.